The standard InChI is InChI=1S/C10H15NO3/c1-7-10(14-3)9(5-12)8(4-11-7)6-13-2/h4,12H,5-6H2,1-3H3. The van der Waals surface area contributed by atoms with Crippen molar-refractivity contribution in [1.29, 1.82) is 0 Å². The third-order valence-corrected chi connectivity index (χ3v) is 2.07. The zero-order chi connectivity index (χ0) is 10.6. The largest absolute Gasteiger partial charge is 0.494 e. The van der Waals surface area contributed by atoms with Crippen molar-refractivity contribution >= 4 is 0 Å². The lowest BCUT2D eigenvalue weighted by Gasteiger charge is -2.12. The van der Waals surface area contributed by atoms with Gasteiger partial charge in [0, 0.05) is 24.4 Å². The van der Waals surface area contributed by atoms with E-state index in [4.69, 9.17) is 9.47 Å². The molecular weight excluding hydrogens is 182 g/mol. The summed E-state index contributed by atoms with van der Waals surface area (Å²) >= 11 is 0. The van der Waals surface area contributed by atoms with Crippen molar-refractivity contribution in [2.75, 3.05) is 14.2 Å². The smallest absolute Gasteiger partial charge is 0.145 e. The molecule has 4 heteroatoms. The van der Waals surface area contributed by atoms with Crippen molar-refractivity contribution in [2.45, 2.75) is 20.1 Å². The van der Waals surface area contributed by atoms with E-state index in [1.165, 1.54) is 0 Å². The van der Waals surface area contributed by atoms with Crippen LogP contribution in [0.25, 0.3) is 0 Å². The van der Waals surface area contributed by atoms with E-state index in [9.17, 15) is 5.11 Å². The fraction of sp³-hybridized carbons (Fsp3) is 0.500. The molecule has 0 spiro atoms. The first-order valence-electron chi connectivity index (χ1n) is 4.35. The van der Waals surface area contributed by atoms with Gasteiger partial charge in [-0.25, -0.2) is 0 Å². The first-order valence-corrected chi connectivity index (χ1v) is 4.35. The Hall–Kier alpha value is -1.13. The summed E-state index contributed by atoms with van der Waals surface area (Å²) in [5, 5.41) is 9.22. The minimum Gasteiger partial charge on any atom is -0.494 e. The summed E-state index contributed by atoms with van der Waals surface area (Å²) in [6.45, 7) is 2.21. The summed E-state index contributed by atoms with van der Waals surface area (Å²) in [5.74, 6) is 0.641. The Kier molecular flexibility index (Phi) is 3.85. The van der Waals surface area contributed by atoms with Crippen LogP contribution in [0.1, 0.15) is 16.8 Å². The molecule has 0 amide bonds. The highest BCUT2D eigenvalue weighted by Gasteiger charge is 2.11. The second-order valence-electron chi connectivity index (χ2n) is 2.97. The third kappa shape index (κ3) is 2.02. The highest BCUT2D eigenvalue weighted by Crippen LogP contribution is 2.25. The Morgan fingerprint density at radius 3 is 2.64 bits per heavy atom. The SMILES string of the molecule is COCc1cnc(C)c(OC)c1CO. The number of hydrogen-bond donors (Lipinski definition) is 1. The molecule has 0 saturated heterocycles. The number of hydrogen-bond acceptors (Lipinski definition) is 4. The van der Waals surface area contributed by atoms with Gasteiger partial charge in [-0.05, 0) is 6.92 Å². The lowest BCUT2D eigenvalue weighted by molar-refractivity contribution is 0.180. The molecule has 4 nitrogen and oxygen atoms in total. The maximum absolute atomic E-state index is 9.22. The second-order valence-corrected chi connectivity index (χ2v) is 2.97. The van der Waals surface area contributed by atoms with Crippen LogP contribution in [0.3, 0.4) is 0 Å². The molecule has 0 atom stereocenters. The number of methoxy groups -OCH3 is 2. The third-order valence-electron chi connectivity index (χ3n) is 2.07. The first kappa shape index (κ1) is 10.9. The molecule has 0 aliphatic heterocycles. The van der Waals surface area contributed by atoms with Gasteiger partial charge < -0.3 is 14.6 Å². The molecule has 0 bridgehead atoms. The summed E-state index contributed by atoms with van der Waals surface area (Å²) in [7, 11) is 3.17. The Morgan fingerprint density at radius 2 is 2.14 bits per heavy atom. The molecule has 0 saturated carbocycles. The fourth-order valence-electron chi connectivity index (χ4n) is 1.40. The maximum Gasteiger partial charge on any atom is 0.145 e. The minimum atomic E-state index is -0.0643. The van der Waals surface area contributed by atoms with E-state index in [1.807, 2.05) is 6.92 Å². The van der Waals surface area contributed by atoms with E-state index >= 15 is 0 Å². The molecule has 1 aromatic heterocycles. The second kappa shape index (κ2) is 4.93. The van der Waals surface area contributed by atoms with Gasteiger partial charge >= 0.3 is 0 Å². The Labute approximate surface area is 83.5 Å². The predicted molar refractivity (Wildman–Crippen MR) is 52.2 cm³/mol. The predicted octanol–water partition coefficient (Wildman–Crippen LogP) is 1.04. The van der Waals surface area contributed by atoms with Gasteiger partial charge in [-0.15, -0.1) is 0 Å². The van der Waals surface area contributed by atoms with Crippen LogP contribution in [0, 0.1) is 6.92 Å². The van der Waals surface area contributed by atoms with Gasteiger partial charge in [0.05, 0.1) is 26.0 Å². The summed E-state index contributed by atoms with van der Waals surface area (Å²) in [6.07, 6.45) is 1.70. The Morgan fingerprint density at radius 1 is 1.43 bits per heavy atom. The Balaban J connectivity index is 3.18. The summed E-state index contributed by atoms with van der Waals surface area (Å²) < 4.78 is 10.2. The molecule has 1 N–H and O–H groups in total. The monoisotopic (exact) mass is 197 g/mol. The Bertz CT molecular complexity index is 312. The number of aliphatic hydroxyl groups excluding tert-OH is 1. The van der Waals surface area contributed by atoms with E-state index in [2.05, 4.69) is 4.98 Å². The number of aryl methyl sites for hydroxylation is 1. The van der Waals surface area contributed by atoms with Crippen LogP contribution in [-0.4, -0.2) is 24.3 Å². The van der Waals surface area contributed by atoms with Crippen molar-refractivity contribution in [3.8, 4) is 5.75 Å². The van der Waals surface area contributed by atoms with Crippen molar-refractivity contribution in [1.82, 2.24) is 4.98 Å². The molecule has 1 heterocycles. The molecule has 0 aromatic carbocycles. The fourth-order valence-corrected chi connectivity index (χ4v) is 1.40. The van der Waals surface area contributed by atoms with E-state index in [0.29, 0.717) is 12.4 Å². The molecular formula is C10H15NO3. The number of aliphatic hydroxyl groups is 1. The number of ether oxygens (including phenoxy) is 2. The maximum atomic E-state index is 9.22. The lowest BCUT2D eigenvalue weighted by atomic mass is 10.1. The van der Waals surface area contributed by atoms with E-state index in [-0.39, 0.29) is 6.61 Å². The molecule has 78 valence electrons. The van der Waals surface area contributed by atoms with E-state index in [1.54, 1.807) is 20.4 Å². The van der Waals surface area contributed by atoms with Crippen LogP contribution in [0.4, 0.5) is 0 Å². The van der Waals surface area contributed by atoms with Gasteiger partial charge in [0.15, 0.2) is 0 Å². The van der Waals surface area contributed by atoms with Crippen molar-refractivity contribution in [3.63, 3.8) is 0 Å². The molecule has 14 heavy (non-hydrogen) atoms. The first-order chi connectivity index (χ1) is 6.74. The quantitative estimate of drug-likeness (QED) is 0.783. The molecule has 0 radical (unpaired) electrons. The van der Waals surface area contributed by atoms with Crippen LogP contribution in [-0.2, 0) is 18.0 Å². The van der Waals surface area contributed by atoms with Gasteiger partial charge in [-0.2, -0.15) is 0 Å². The highest BCUT2D eigenvalue weighted by molar-refractivity contribution is 5.41. The van der Waals surface area contributed by atoms with E-state index in [0.717, 1.165) is 16.8 Å². The molecule has 0 aliphatic rings. The van der Waals surface area contributed by atoms with Crippen LogP contribution >= 0.6 is 0 Å². The van der Waals surface area contributed by atoms with Gasteiger partial charge in [0.2, 0.25) is 0 Å². The number of nitrogens with zero attached hydrogens (tertiary/aromatic N) is 1. The van der Waals surface area contributed by atoms with Crippen molar-refractivity contribution < 1.29 is 14.6 Å². The van der Waals surface area contributed by atoms with Gasteiger partial charge in [0.1, 0.15) is 5.75 Å². The zero-order valence-electron chi connectivity index (χ0n) is 8.70. The lowest BCUT2D eigenvalue weighted by Crippen LogP contribution is -2.03. The van der Waals surface area contributed by atoms with Crippen LogP contribution in [0.2, 0.25) is 0 Å². The number of pyridine rings is 1. The number of rotatable bonds is 4. The number of aromatic nitrogens is 1. The zero-order valence-corrected chi connectivity index (χ0v) is 8.70. The highest BCUT2D eigenvalue weighted by atomic mass is 16.5. The van der Waals surface area contributed by atoms with Gasteiger partial charge in [-0.1, -0.05) is 0 Å². The van der Waals surface area contributed by atoms with Crippen molar-refractivity contribution in [2.24, 2.45) is 0 Å². The van der Waals surface area contributed by atoms with Crippen LogP contribution in [0.5, 0.6) is 5.75 Å². The summed E-state index contributed by atoms with van der Waals surface area (Å²) in [6, 6.07) is 0. The average Bonchev–Trinajstić information content (AvgIpc) is 2.20. The van der Waals surface area contributed by atoms with Crippen LogP contribution < -0.4 is 4.74 Å². The molecule has 1 aromatic rings. The molecule has 0 unspecified atom stereocenters. The molecule has 1 rings (SSSR count). The summed E-state index contributed by atoms with van der Waals surface area (Å²) in [4.78, 5) is 4.16. The van der Waals surface area contributed by atoms with Gasteiger partial charge in [-0.3, -0.25) is 4.98 Å². The van der Waals surface area contributed by atoms with Crippen molar-refractivity contribution in [3.05, 3.63) is 23.0 Å². The summed E-state index contributed by atoms with van der Waals surface area (Å²) in [5.41, 5.74) is 2.38. The minimum absolute atomic E-state index is 0.0643. The van der Waals surface area contributed by atoms with Gasteiger partial charge in [0.25, 0.3) is 0 Å². The van der Waals surface area contributed by atoms with E-state index < -0.39 is 0 Å². The van der Waals surface area contributed by atoms with Crippen LogP contribution in [0.15, 0.2) is 6.20 Å². The topological polar surface area (TPSA) is 51.6 Å². The molecule has 0 aliphatic carbocycles. The molecule has 0 fully saturated rings. The average molecular weight is 197 g/mol. The normalized spacial score (nSPS) is 10.3.